The molecular weight excluding hydrogens is 409 g/mol. The lowest BCUT2D eigenvalue weighted by molar-refractivity contribution is 0.102. The molecular formula is C22H21ClFN3O3. The summed E-state index contributed by atoms with van der Waals surface area (Å²) in [6.45, 7) is 4.01. The van der Waals surface area contributed by atoms with Crippen molar-refractivity contribution in [3.05, 3.63) is 82.8 Å². The summed E-state index contributed by atoms with van der Waals surface area (Å²) in [5.41, 5.74) is 1.84. The van der Waals surface area contributed by atoms with Gasteiger partial charge in [0.25, 0.3) is 5.91 Å². The molecule has 3 aromatic rings. The van der Waals surface area contributed by atoms with Crippen molar-refractivity contribution in [2.75, 3.05) is 19.5 Å². The third-order valence-electron chi connectivity index (χ3n) is 4.46. The second-order valence-electron chi connectivity index (χ2n) is 6.44. The summed E-state index contributed by atoms with van der Waals surface area (Å²) in [5.74, 6) is 0.628. The molecule has 0 atom stereocenters. The van der Waals surface area contributed by atoms with Gasteiger partial charge in [-0.25, -0.2) is 9.07 Å². The molecule has 30 heavy (non-hydrogen) atoms. The maximum absolute atomic E-state index is 13.7. The average Bonchev–Trinajstić information content (AvgIpc) is 3.16. The highest BCUT2D eigenvalue weighted by Crippen LogP contribution is 2.33. The van der Waals surface area contributed by atoms with Crippen LogP contribution in [0.15, 0.2) is 55.3 Å². The number of benzene rings is 2. The minimum atomic E-state index is -0.507. The summed E-state index contributed by atoms with van der Waals surface area (Å²) in [5, 5.41) is 7.09. The van der Waals surface area contributed by atoms with Crippen LogP contribution >= 0.6 is 11.6 Å². The van der Waals surface area contributed by atoms with Crippen molar-refractivity contribution in [2.24, 2.45) is 0 Å². The summed E-state index contributed by atoms with van der Waals surface area (Å²) in [4.78, 5) is 12.9. The number of carbonyl (C=O) groups is 1. The van der Waals surface area contributed by atoms with Crippen molar-refractivity contribution in [3.63, 3.8) is 0 Å². The first-order valence-electron chi connectivity index (χ1n) is 9.09. The number of aromatic nitrogens is 2. The van der Waals surface area contributed by atoms with E-state index in [1.54, 1.807) is 48.3 Å². The number of nitrogens with one attached hydrogen (secondary N) is 1. The third-order valence-corrected chi connectivity index (χ3v) is 4.76. The van der Waals surface area contributed by atoms with Gasteiger partial charge in [0.05, 0.1) is 32.0 Å². The summed E-state index contributed by atoms with van der Waals surface area (Å²) < 4.78 is 26.0. The maximum atomic E-state index is 13.7. The maximum Gasteiger partial charge on any atom is 0.256 e. The lowest BCUT2D eigenvalue weighted by atomic mass is 10.0. The van der Waals surface area contributed by atoms with Gasteiger partial charge in [-0.3, -0.25) is 4.79 Å². The molecule has 6 nitrogen and oxygen atoms in total. The van der Waals surface area contributed by atoms with Gasteiger partial charge in [0.2, 0.25) is 0 Å². The number of halogens is 2. The Bertz CT molecular complexity index is 1080. The molecule has 0 aliphatic heterocycles. The van der Waals surface area contributed by atoms with Crippen LogP contribution in [0.25, 0.3) is 0 Å². The molecule has 0 aliphatic carbocycles. The topological polar surface area (TPSA) is 65.4 Å². The van der Waals surface area contributed by atoms with Crippen molar-refractivity contribution in [1.82, 2.24) is 9.78 Å². The molecule has 156 valence electrons. The van der Waals surface area contributed by atoms with E-state index in [2.05, 4.69) is 17.0 Å². The molecule has 0 radical (unpaired) electrons. The van der Waals surface area contributed by atoms with Crippen molar-refractivity contribution >= 4 is 23.3 Å². The van der Waals surface area contributed by atoms with Crippen molar-refractivity contribution in [1.29, 1.82) is 0 Å². The van der Waals surface area contributed by atoms with Crippen LogP contribution in [0.1, 0.15) is 21.5 Å². The number of ether oxygens (including phenoxy) is 2. The predicted molar refractivity (Wildman–Crippen MR) is 114 cm³/mol. The number of anilines is 1. The van der Waals surface area contributed by atoms with Crippen LogP contribution < -0.4 is 14.8 Å². The lowest BCUT2D eigenvalue weighted by Gasteiger charge is -2.15. The van der Waals surface area contributed by atoms with Gasteiger partial charge in [-0.15, -0.1) is 6.58 Å². The second kappa shape index (κ2) is 9.45. The van der Waals surface area contributed by atoms with Gasteiger partial charge in [-0.2, -0.15) is 5.10 Å². The van der Waals surface area contributed by atoms with Crippen LogP contribution in [-0.2, 0) is 13.0 Å². The highest BCUT2D eigenvalue weighted by Gasteiger charge is 2.17. The number of allylic oxidation sites excluding steroid dienone is 1. The van der Waals surface area contributed by atoms with E-state index in [0.29, 0.717) is 34.9 Å². The molecule has 0 saturated heterocycles. The zero-order valence-corrected chi connectivity index (χ0v) is 17.4. The number of nitrogens with zero attached hydrogens (tertiary/aromatic N) is 2. The van der Waals surface area contributed by atoms with Gasteiger partial charge in [-0.05, 0) is 36.2 Å². The molecule has 1 N–H and O–H groups in total. The van der Waals surface area contributed by atoms with Crippen LogP contribution in [-0.4, -0.2) is 29.9 Å². The van der Waals surface area contributed by atoms with Crippen LogP contribution in [0.3, 0.4) is 0 Å². The highest BCUT2D eigenvalue weighted by molar-refractivity contribution is 6.30. The van der Waals surface area contributed by atoms with E-state index in [0.717, 1.165) is 5.56 Å². The molecule has 1 amide bonds. The first-order valence-corrected chi connectivity index (χ1v) is 9.47. The number of carbonyl (C=O) groups excluding carboxylic acids is 1. The van der Waals surface area contributed by atoms with Gasteiger partial charge < -0.3 is 14.8 Å². The molecule has 3 rings (SSSR count). The molecule has 0 fully saturated rings. The summed E-state index contributed by atoms with van der Waals surface area (Å²) in [7, 11) is 3.06. The molecule has 1 aromatic heterocycles. The Morgan fingerprint density at radius 2 is 2.07 bits per heavy atom. The normalized spacial score (nSPS) is 10.5. The fraction of sp³-hybridized carbons (Fsp3) is 0.182. The Hall–Kier alpha value is -3.32. The molecule has 2 aromatic carbocycles. The van der Waals surface area contributed by atoms with Crippen LogP contribution in [0.5, 0.6) is 11.5 Å². The minimum absolute atomic E-state index is 0.0523. The number of amides is 1. The van der Waals surface area contributed by atoms with Crippen LogP contribution in [0, 0.1) is 5.82 Å². The number of methoxy groups -OCH3 is 2. The molecule has 0 unspecified atom stereocenters. The average molecular weight is 430 g/mol. The van der Waals surface area contributed by atoms with E-state index in [-0.39, 0.29) is 17.5 Å². The summed E-state index contributed by atoms with van der Waals surface area (Å²) >= 11 is 5.73. The fourth-order valence-electron chi connectivity index (χ4n) is 3.05. The summed E-state index contributed by atoms with van der Waals surface area (Å²) in [6, 6.07) is 9.53. The zero-order chi connectivity index (χ0) is 21.7. The van der Waals surface area contributed by atoms with Crippen molar-refractivity contribution in [2.45, 2.75) is 13.0 Å². The standard InChI is InChI=1S/C22H21ClFN3O3/c1-4-5-15-11-16(12-19(29-2)21(15)30-3)22(28)26-20-8-9-25-27(20)13-14-6-7-17(23)18(24)10-14/h4,6-12H,1,5,13H2,2-3H3,(H,26,28). The number of hydrogen-bond donors (Lipinski definition) is 1. The number of hydrogen-bond acceptors (Lipinski definition) is 4. The van der Waals surface area contributed by atoms with Gasteiger partial charge >= 0.3 is 0 Å². The SMILES string of the molecule is C=CCc1cc(C(=O)Nc2ccnn2Cc2ccc(Cl)c(F)c2)cc(OC)c1OC. The summed E-state index contributed by atoms with van der Waals surface area (Å²) in [6.07, 6.45) is 3.79. The monoisotopic (exact) mass is 429 g/mol. The molecule has 0 bridgehead atoms. The van der Waals surface area contributed by atoms with Crippen LogP contribution in [0.4, 0.5) is 10.2 Å². The predicted octanol–water partition coefficient (Wildman–Crippen LogP) is 4.72. The van der Waals surface area contributed by atoms with Crippen molar-refractivity contribution in [3.8, 4) is 11.5 Å². The van der Waals surface area contributed by atoms with Gasteiger partial charge in [0.15, 0.2) is 11.5 Å². The van der Waals surface area contributed by atoms with Gasteiger partial charge in [-0.1, -0.05) is 23.7 Å². The van der Waals surface area contributed by atoms with E-state index in [1.807, 2.05) is 0 Å². The highest BCUT2D eigenvalue weighted by atomic mass is 35.5. The van der Waals surface area contributed by atoms with Crippen LogP contribution in [0.2, 0.25) is 5.02 Å². The Balaban J connectivity index is 1.85. The molecule has 1 heterocycles. The Labute approximate surface area is 178 Å². The molecule has 0 saturated carbocycles. The Kier molecular flexibility index (Phi) is 6.74. The van der Waals surface area contributed by atoms with Gasteiger partial charge in [0, 0.05) is 17.2 Å². The van der Waals surface area contributed by atoms with Gasteiger partial charge in [0.1, 0.15) is 11.6 Å². The smallest absolute Gasteiger partial charge is 0.256 e. The second-order valence-corrected chi connectivity index (χ2v) is 6.85. The fourth-order valence-corrected chi connectivity index (χ4v) is 3.16. The van der Waals surface area contributed by atoms with E-state index >= 15 is 0 Å². The quantitative estimate of drug-likeness (QED) is 0.526. The Morgan fingerprint density at radius 3 is 2.73 bits per heavy atom. The first-order chi connectivity index (χ1) is 14.5. The molecule has 0 spiro atoms. The van der Waals surface area contributed by atoms with E-state index in [1.165, 1.54) is 19.2 Å². The molecule has 8 heteroatoms. The molecule has 0 aliphatic rings. The largest absolute Gasteiger partial charge is 0.493 e. The zero-order valence-electron chi connectivity index (χ0n) is 16.6. The lowest BCUT2D eigenvalue weighted by Crippen LogP contribution is -2.17. The van der Waals surface area contributed by atoms with E-state index < -0.39 is 5.82 Å². The van der Waals surface area contributed by atoms with E-state index in [9.17, 15) is 9.18 Å². The first kappa shape index (κ1) is 21.4. The number of rotatable bonds is 8. The minimum Gasteiger partial charge on any atom is -0.493 e. The third kappa shape index (κ3) is 4.63. The van der Waals surface area contributed by atoms with E-state index in [4.69, 9.17) is 21.1 Å². The van der Waals surface area contributed by atoms with Crippen molar-refractivity contribution < 1.29 is 18.7 Å². The Morgan fingerprint density at radius 1 is 1.27 bits per heavy atom.